The van der Waals surface area contributed by atoms with Crippen molar-refractivity contribution in [1.82, 2.24) is 15.1 Å². The van der Waals surface area contributed by atoms with Crippen molar-refractivity contribution in [3.05, 3.63) is 17.5 Å². The lowest BCUT2D eigenvalue weighted by molar-refractivity contribution is 0.275. The summed E-state index contributed by atoms with van der Waals surface area (Å²) in [5.41, 5.74) is 2.36. The van der Waals surface area contributed by atoms with Crippen LogP contribution in [-0.2, 0) is 19.5 Å². The van der Waals surface area contributed by atoms with Gasteiger partial charge < -0.3 is 10.4 Å². The molecule has 0 saturated carbocycles. The van der Waals surface area contributed by atoms with Crippen LogP contribution in [0.15, 0.2) is 6.07 Å². The standard InChI is InChI=1S/C13H25N3OS/c1-5-11-7-12(16(6-2)15-11)8-14-10(3)13(9-17)18-4/h7,10,13-14,17H,5-6,8-9H2,1-4H3. The molecule has 0 fully saturated rings. The van der Waals surface area contributed by atoms with E-state index in [0.717, 1.165) is 25.2 Å². The fraction of sp³-hybridized carbons (Fsp3) is 0.769. The molecule has 0 aliphatic carbocycles. The van der Waals surface area contributed by atoms with Crippen LogP contribution in [0.25, 0.3) is 0 Å². The largest absolute Gasteiger partial charge is 0.395 e. The van der Waals surface area contributed by atoms with Gasteiger partial charge in [-0.3, -0.25) is 4.68 Å². The van der Waals surface area contributed by atoms with Crippen LogP contribution in [0.2, 0.25) is 0 Å². The summed E-state index contributed by atoms with van der Waals surface area (Å²) in [5, 5.41) is 17.5. The molecule has 1 aromatic rings. The maximum atomic E-state index is 9.26. The third-order valence-electron chi connectivity index (χ3n) is 3.22. The first-order chi connectivity index (χ1) is 8.65. The van der Waals surface area contributed by atoms with Gasteiger partial charge in [-0.2, -0.15) is 16.9 Å². The number of aliphatic hydroxyl groups is 1. The van der Waals surface area contributed by atoms with Crippen LogP contribution in [0.5, 0.6) is 0 Å². The van der Waals surface area contributed by atoms with Crippen molar-refractivity contribution in [2.45, 2.75) is 51.6 Å². The Hall–Kier alpha value is -0.520. The number of aromatic nitrogens is 2. The molecule has 0 radical (unpaired) electrons. The number of hydrogen-bond donors (Lipinski definition) is 2. The van der Waals surface area contributed by atoms with Gasteiger partial charge in [0.15, 0.2) is 0 Å². The fourth-order valence-electron chi connectivity index (χ4n) is 1.94. The molecule has 0 amide bonds. The molecule has 0 saturated heterocycles. The van der Waals surface area contributed by atoms with Crippen molar-refractivity contribution in [2.75, 3.05) is 12.9 Å². The lowest BCUT2D eigenvalue weighted by atomic mass is 10.2. The zero-order valence-corrected chi connectivity index (χ0v) is 12.6. The highest BCUT2D eigenvalue weighted by atomic mass is 32.2. The zero-order chi connectivity index (χ0) is 13.5. The Bertz CT molecular complexity index is 350. The molecule has 0 aliphatic rings. The van der Waals surface area contributed by atoms with E-state index in [1.807, 2.05) is 10.9 Å². The monoisotopic (exact) mass is 271 g/mol. The summed E-state index contributed by atoms with van der Waals surface area (Å²) >= 11 is 1.70. The first kappa shape index (κ1) is 15.5. The zero-order valence-electron chi connectivity index (χ0n) is 11.8. The van der Waals surface area contributed by atoms with Crippen LogP contribution in [-0.4, -0.2) is 39.0 Å². The molecule has 1 aromatic heterocycles. The molecule has 2 unspecified atom stereocenters. The average Bonchev–Trinajstić information content (AvgIpc) is 2.80. The number of nitrogens with one attached hydrogen (secondary N) is 1. The Morgan fingerprint density at radius 1 is 1.50 bits per heavy atom. The van der Waals surface area contributed by atoms with E-state index < -0.39 is 0 Å². The minimum Gasteiger partial charge on any atom is -0.395 e. The van der Waals surface area contributed by atoms with Gasteiger partial charge in [0.1, 0.15) is 0 Å². The van der Waals surface area contributed by atoms with Crippen LogP contribution in [0.1, 0.15) is 32.2 Å². The van der Waals surface area contributed by atoms with Crippen molar-refractivity contribution in [2.24, 2.45) is 0 Å². The van der Waals surface area contributed by atoms with Crippen LogP contribution in [0.3, 0.4) is 0 Å². The summed E-state index contributed by atoms with van der Waals surface area (Å²) in [5.74, 6) is 0. The van der Waals surface area contributed by atoms with E-state index in [4.69, 9.17) is 0 Å². The number of nitrogens with zero attached hydrogens (tertiary/aromatic N) is 2. The summed E-state index contributed by atoms with van der Waals surface area (Å²) in [6.45, 7) is 8.26. The molecule has 1 heterocycles. The van der Waals surface area contributed by atoms with Gasteiger partial charge in [-0.15, -0.1) is 0 Å². The molecule has 0 aliphatic heterocycles. The van der Waals surface area contributed by atoms with Crippen LogP contribution >= 0.6 is 11.8 Å². The number of hydrogen-bond acceptors (Lipinski definition) is 4. The smallest absolute Gasteiger partial charge is 0.0625 e. The van der Waals surface area contributed by atoms with E-state index >= 15 is 0 Å². The first-order valence-corrected chi connectivity index (χ1v) is 7.87. The van der Waals surface area contributed by atoms with E-state index in [1.54, 1.807) is 11.8 Å². The topological polar surface area (TPSA) is 50.1 Å². The second-order valence-corrected chi connectivity index (χ2v) is 5.50. The predicted octanol–water partition coefficient (Wildman–Crippen LogP) is 1.67. The van der Waals surface area contributed by atoms with Crippen LogP contribution in [0, 0.1) is 0 Å². The highest BCUT2D eigenvalue weighted by Gasteiger charge is 2.15. The second-order valence-electron chi connectivity index (χ2n) is 4.42. The minimum atomic E-state index is 0.211. The van der Waals surface area contributed by atoms with E-state index in [2.05, 4.69) is 37.3 Å². The Kier molecular flexibility index (Phi) is 6.75. The maximum Gasteiger partial charge on any atom is 0.0625 e. The Balaban J connectivity index is 2.59. The van der Waals surface area contributed by atoms with Gasteiger partial charge in [-0.1, -0.05) is 6.92 Å². The second kappa shape index (κ2) is 7.81. The lowest BCUT2D eigenvalue weighted by Gasteiger charge is -2.21. The summed E-state index contributed by atoms with van der Waals surface area (Å²) in [7, 11) is 0. The van der Waals surface area contributed by atoms with E-state index in [-0.39, 0.29) is 17.9 Å². The number of aliphatic hydroxyl groups excluding tert-OH is 1. The van der Waals surface area contributed by atoms with Gasteiger partial charge in [0.25, 0.3) is 0 Å². The Morgan fingerprint density at radius 3 is 2.72 bits per heavy atom. The fourth-order valence-corrected chi connectivity index (χ4v) is 2.59. The van der Waals surface area contributed by atoms with Crippen LogP contribution in [0.4, 0.5) is 0 Å². The van der Waals surface area contributed by atoms with Gasteiger partial charge in [0.05, 0.1) is 18.0 Å². The molecular weight excluding hydrogens is 246 g/mol. The predicted molar refractivity (Wildman–Crippen MR) is 78.0 cm³/mol. The minimum absolute atomic E-state index is 0.211. The highest BCUT2D eigenvalue weighted by molar-refractivity contribution is 7.99. The van der Waals surface area contributed by atoms with Crippen molar-refractivity contribution >= 4 is 11.8 Å². The third kappa shape index (κ3) is 4.00. The highest BCUT2D eigenvalue weighted by Crippen LogP contribution is 2.12. The molecule has 18 heavy (non-hydrogen) atoms. The lowest BCUT2D eigenvalue weighted by Crippen LogP contribution is -2.37. The Labute approximate surface area is 114 Å². The average molecular weight is 271 g/mol. The van der Waals surface area contributed by atoms with E-state index in [9.17, 15) is 5.11 Å². The van der Waals surface area contributed by atoms with Gasteiger partial charge in [-0.05, 0) is 32.6 Å². The van der Waals surface area contributed by atoms with E-state index in [0.29, 0.717) is 0 Å². The summed E-state index contributed by atoms with van der Waals surface area (Å²) < 4.78 is 2.05. The Morgan fingerprint density at radius 2 is 2.22 bits per heavy atom. The molecule has 1 rings (SSSR count). The van der Waals surface area contributed by atoms with Crippen molar-refractivity contribution in [3.8, 4) is 0 Å². The van der Waals surface area contributed by atoms with Gasteiger partial charge in [0.2, 0.25) is 0 Å². The van der Waals surface area contributed by atoms with Crippen molar-refractivity contribution in [3.63, 3.8) is 0 Å². The molecule has 104 valence electrons. The first-order valence-electron chi connectivity index (χ1n) is 6.58. The molecule has 0 aromatic carbocycles. The summed E-state index contributed by atoms with van der Waals surface area (Å²) in [6, 6.07) is 2.45. The molecule has 2 N–H and O–H groups in total. The summed E-state index contributed by atoms with van der Waals surface area (Å²) in [6.07, 6.45) is 3.00. The molecule has 4 nitrogen and oxygen atoms in total. The quantitative estimate of drug-likeness (QED) is 0.755. The van der Waals surface area contributed by atoms with Gasteiger partial charge >= 0.3 is 0 Å². The number of thioether (sulfide) groups is 1. The summed E-state index contributed by atoms with van der Waals surface area (Å²) in [4.78, 5) is 0. The normalized spacial score (nSPS) is 14.7. The van der Waals surface area contributed by atoms with E-state index in [1.165, 1.54) is 5.69 Å². The van der Waals surface area contributed by atoms with Gasteiger partial charge in [0, 0.05) is 24.4 Å². The number of aryl methyl sites for hydroxylation is 2. The van der Waals surface area contributed by atoms with Crippen molar-refractivity contribution in [1.29, 1.82) is 0 Å². The number of rotatable bonds is 8. The van der Waals surface area contributed by atoms with Crippen molar-refractivity contribution < 1.29 is 5.11 Å². The maximum absolute atomic E-state index is 9.26. The molecule has 2 atom stereocenters. The molecular formula is C13H25N3OS. The SMILES string of the molecule is CCc1cc(CNC(C)C(CO)SC)n(CC)n1. The third-order valence-corrected chi connectivity index (χ3v) is 4.38. The molecule has 5 heteroatoms. The van der Waals surface area contributed by atoms with Crippen LogP contribution < -0.4 is 5.32 Å². The molecule has 0 bridgehead atoms. The molecule has 0 spiro atoms. The van der Waals surface area contributed by atoms with Gasteiger partial charge in [-0.25, -0.2) is 0 Å².